The number of halogens is 4. The van der Waals surface area contributed by atoms with Crippen molar-refractivity contribution in [2.75, 3.05) is 18.4 Å². The molecule has 0 saturated carbocycles. The van der Waals surface area contributed by atoms with Crippen molar-refractivity contribution < 1.29 is 32.3 Å². The monoisotopic (exact) mass is 427 g/mol. The van der Waals surface area contributed by atoms with Crippen LogP contribution in [0.1, 0.15) is 18.4 Å². The number of carbonyl (C=O) groups is 2. The SMILES string of the molecule is N#Cc1cccc(-n2cnc(NC(=O)[C@@]3(F)CCCNC3)c2)c1.O=C(O)C(F)(F)F. The summed E-state index contributed by atoms with van der Waals surface area (Å²) in [6.07, 6.45) is -1.15. The zero-order valence-corrected chi connectivity index (χ0v) is 15.4. The summed E-state index contributed by atoms with van der Waals surface area (Å²) in [6.45, 7) is 0.743. The molecule has 2 aromatic rings. The number of hydrogen-bond donors (Lipinski definition) is 3. The Bertz CT molecular complexity index is 946. The van der Waals surface area contributed by atoms with E-state index in [0.717, 1.165) is 12.2 Å². The molecule has 2 heterocycles. The van der Waals surface area contributed by atoms with Crippen molar-refractivity contribution in [2.24, 2.45) is 0 Å². The molecule has 1 atom stereocenters. The third-order valence-corrected chi connectivity index (χ3v) is 4.08. The summed E-state index contributed by atoms with van der Waals surface area (Å²) < 4.78 is 47.9. The van der Waals surface area contributed by atoms with Crippen LogP contribution in [0.15, 0.2) is 36.8 Å². The molecule has 0 bridgehead atoms. The highest BCUT2D eigenvalue weighted by molar-refractivity contribution is 5.96. The molecule has 0 aliphatic carbocycles. The van der Waals surface area contributed by atoms with E-state index in [-0.39, 0.29) is 18.8 Å². The number of carboxylic acids is 1. The molecular formula is C18H17F4N5O3. The van der Waals surface area contributed by atoms with Crippen LogP contribution >= 0.6 is 0 Å². The Labute approximate surface area is 168 Å². The number of nitrogens with zero attached hydrogens (tertiary/aromatic N) is 3. The molecule has 1 saturated heterocycles. The highest BCUT2D eigenvalue weighted by atomic mass is 19.4. The van der Waals surface area contributed by atoms with Gasteiger partial charge in [-0.1, -0.05) is 6.07 Å². The predicted octanol–water partition coefficient (Wildman–Crippen LogP) is 2.41. The third-order valence-electron chi connectivity index (χ3n) is 4.08. The number of carbonyl (C=O) groups excluding carboxylic acids is 1. The molecule has 3 rings (SSSR count). The summed E-state index contributed by atoms with van der Waals surface area (Å²) in [7, 11) is 0. The Balaban J connectivity index is 0.000000396. The predicted molar refractivity (Wildman–Crippen MR) is 96.5 cm³/mol. The van der Waals surface area contributed by atoms with Crippen molar-refractivity contribution in [3.8, 4) is 11.8 Å². The number of anilines is 1. The number of amides is 1. The Hall–Kier alpha value is -3.46. The quantitative estimate of drug-likeness (QED) is 0.647. The third kappa shape index (κ3) is 6.02. The first-order valence-electron chi connectivity index (χ1n) is 8.61. The minimum Gasteiger partial charge on any atom is -0.475 e. The summed E-state index contributed by atoms with van der Waals surface area (Å²) in [6, 6.07) is 9.04. The van der Waals surface area contributed by atoms with E-state index in [2.05, 4.69) is 21.7 Å². The van der Waals surface area contributed by atoms with E-state index in [4.69, 9.17) is 15.2 Å². The van der Waals surface area contributed by atoms with Gasteiger partial charge >= 0.3 is 12.1 Å². The second kappa shape index (κ2) is 9.36. The fraction of sp³-hybridized carbons (Fsp3) is 0.333. The Morgan fingerprint density at radius 2 is 2.07 bits per heavy atom. The van der Waals surface area contributed by atoms with Gasteiger partial charge in [0.1, 0.15) is 6.33 Å². The van der Waals surface area contributed by atoms with Gasteiger partial charge in [0.05, 0.1) is 17.8 Å². The lowest BCUT2D eigenvalue weighted by molar-refractivity contribution is -0.192. The first-order valence-corrected chi connectivity index (χ1v) is 8.61. The summed E-state index contributed by atoms with van der Waals surface area (Å²) in [5.74, 6) is -3.16. The van der Waals surface area contributed by atoms with Crippen molar-refractivity contribution in [3.05, 3.63) is 42.4 Å². The van der Waals surface area contributed by atoms with Crippen molar-refractivity contribution in [1.29, 1.82) is 5.26 Å². The maximum absolute atomic E-state index is 14.5. The number of aromatic nitrogens is 2. The van der Waals surface area contributed by atoms with Gasteiger partial charge in [-0.3, -0.25) is 4.79 Å². The van der Waals surface area contributed by atoms with E-state index >= 15 is 0 Å². The molecule has 12 heteroatoms. The first kappa shape index (κ1) is 22.8. The van der Waals surface area contributed by atoms with Gasteiger partial charge in [0.2, 0.25) is 5.67 Å². The minimum atomic E-state index is -5.08. The van der Waals surface area contributed by atoms with E-state index in [1.165, 1.54) is 6.33 Å². The molecule has 0 radical (unpaired) electrons. The molecule has 1 aliphatic rings. The molecule has 1 fully saturated rings. The number of hydrogen-bond acceptors (Lipinski definition) is 5. The van der Waals surface area contributed by atoms with Crippen LogP contribution in [-0.2, 0) is 9.59 Å². The summed E-state index contributed by atoms with van der Waals surface area (Å²) in [4.78, 5) is 25.1. The van der Waals surface area contributed by atoms with Crippen molar-refractivity contribution >= 4 is 17.7 Å². The number of nitrogens with one attached hydrogen (secondary N) is 2. The first-order chi connectivity index (χ1) is 14.0. The molecule has 1 aromatic heterocycles. The number of carboxylic acid groups (broad SMARTS) is 1. The molecule has 3 N–H and O–H groups in total. The van der Waals surface area contributed by atoms with Crippen LogP contribution in [0, 0.1) is 11.3 Å². The minimum absolute atomic E-state index is 0.0176. The van der Waals surface area contributed by atoms with Crippen LogP contribution in [0.4, 0.5) is 23.4 Å². The average molecular weight is 427 g/mol. The zero-order valence-electron chi connectivity index (χ0n) is 15.4. The van der Waals surface area contributed by atoms with Crippen LogP contribution in [-0.4, -0.2) is 51.5 Å². The maximum atomic E-state index is 14.5. The molecular weight excluding hydrogens is 410 g/mol. The van der Waals surface area contributed by atoms with Gasteiger partial charge in [0, 0.05) is 12.2 Å². The van der Waals surface area contributed by atoms with Gasteiger partial charge in [-0.2, -0.15) is 18.4 Å². The average Bonchev–Trinajstić information content (AvgIpc) is 3.17. The van der Waals surface area contributed by atoms with E-state index in [0.29, 0.717) is 12.0 Å². The van der Waals surface area contributed by atoms with Crippen LogP contribution < -0.4 is 10.6 Å². The van der Waals surface area contributed by atoms with E-state index in [1.807, 2.05) is 6.07 Å². The molecule has 1 aliphatic heterocycles. The molecule has 0 spiro atoms. The normalized spacial score (nSPS) is 18.5. The molecule has 1 amide bonds. The summed E-state index contributed by atoms with van der Waals surface area (Å²) in [5.41, 5.74) is -0.632. The lowest BCUT2D eigenvalue weighted by Crippen LogP contribution is -2.50. The van der Waals surface area contributed by atoms with E-state index in [1.54, 1.807) is 29.0 Å². The van der Waals surface area contributed by atoms with Crippen molar-refractivity contribution in [1.82, 2.24) is 14.9 Å². The van der Waals surface area contributed by atoms with Crippen LogP contribution in [0.3, 0.4) is 0 Å². The fourth-order valence-electron chi connectivity index (χ4n) is 2.56. The molecule has 0 unspecified atom stereocenters. The lowest BCUT2D eigenvalue weighted by atomic mass is 9.95. The van der Waals surface area contributed by atoms with Crippen molar-refractivity contribution in [3.63, 3.8) is 0 Å². The van der Waals surface area contributed by atoms with Gasteiger partial charge in [0.15, 0.2) is 5.82 Å². The van der Waals surface area contributed by atoms with Gasteiger partial charge in [-0.15, -0.1) is 0 Å². The van der Waals surface area contributed by atoms with Crippen LogP contribution in [0.2, 0.25) is 0 Å². The second-order valence-electron chi connectivity index (χ2n) is 6.33. The van der Waals surface area contributed by atoms with E-state index < -0.39 is 23.7 Å². The van der Waals surface area contributed by atoms with Crippen molar-refractivity contribution in [2.45, 2.75) is 24.7 Å². The van der Waals surface area contributed by atoms with E-state index in [9.17, 15) is 22.4 Å². The zero-order chi connectivity index (χ0) is 22.4. The Morgan fingerprint density at radius 1 is 1.37 bits per heavy atom. The number of benzene rings is 1. The molecule has 1 aromatic carbocycles. The van der Waals surface area contributed by atoms with Crippen LogP contribution in [0.25, 0.3) is 5.69 Å². The van der Waals surface area contributed by atoms with Gasteiger partial charge in [-0.25, -0.2) is 14.2 Å². The largest absolute Gasteiger partial charge is 0.490 e. The summed E-state index contributed by atoms with van der Waals surface area (Å²) in [5, 5.41) is 21.5. The number of alkyl halides is 4. The Kier molecular flexibility index (Phi) is 7.12. The fourth-order valence-corrected chi connectivity index (χ4v) is 2.56. The highest BCUT2D eigenvalue weighted by Gasteiger charge is 2.40. The topological polar surface area (TPSA) is 120 Å². The van der Waals surface area contributed by atoms with Gasteiger partial charge in [0.25, 0.3) is 5.91 Å². The molecule has 30 heavy (non-hydrogen) atoms. The van der Waals surface area contributed by atoms with Gasteiger partial charge in [-0.05, 0) is 37.6 Å². The number of aliphatic carboxylic acids is 1. The lowest BCUT2D eigenvalue weighted by Gasteiger charge is -2.28. The number of nitriles is 1. The smallest absolute Gasteiger partial charge is 0.475 e. The second-order valence-corrected chi connectivity index (χ2v) is 6.33. The number of rotatable bonds is 3. The standard InChI is InChI=1S/C16H16FN5O.C2HF3O2/c17-16(5-2-6-19-10-16)15(23)21-14-9-22(11-20-14)13-4-1-3-12(7-13)8-18;3-2(4,5)1(6)7/h1,3-4,7,9,11,19H,2,5-6,10H2,(H,21,23);(H,6,7)/t16-;/m1./s1. The highest BCUT2D eigenvalue weighted by Crippen LogP contribution is 2.23. The van der Waals surface area contributed by atoms with Crippen LogP contribution in [0.5, 0.6) is 0 Å². The molecule has 8 nitrogen and oxygen atoms in total. The Morgan fingerprint density at radius 3 is 2.63 bits per heavy atom. The van der Waals surface area contributed by atoms with Gasteiger partial charge < -0.3 is 20.3 Å². The number of piperidine rings is 1. The maximum Gasteiger partial charge on any atom is 0.490 e. The molecule has 160 valence electrons. The number of imidazole rings is 1. The summed E-state index contributed by atoms with van der Waals surface area (Å²) >= 11 is 0.